The smallest absolute Gasteiger partial charge is 0.0902 e. The molecule has 0 aliphatic carbocycles. The molecule has 0 unspecified atom stereocenters. The van der Waals surface area contributed by atoms with E-state index in [2.05, 4.69) is 48.5 Å². The van der Waals surface area contributed by atoms with E-state index in [9.17, 15) is 5.11 Å². The summed E-state index contributed by atoms with van der Waals surface area (Å²) in [6.07, 6.45) is 3.21. The van der Waals surface area contributed by atoms with Crippen LogP contribution in [0.2, 0.25) is 0 Å². The first kappa shape index (κ1) is 16.5. The minimum absolute atomic E-state index is 0.730. The van der Waals surface area contributed by atoms with Crippen LogP contribution in [0.25, 0.3) is 0 Å². The molecule has 0 aromatic heterocycles. The van der Waals surface area contributed by atoms with Gasteiger partial charge in [-0.15, -0.1) is 0 Å². The zero-order chi connectivity index (χ0) is 16.7. The Morgan fingerprint density at radius 3 is 1.33 bits per heavy atom. The molecule has 1 nitrogen and oxygen atoms in total. The fourth-order valence-electron chi connectivity index (χ4n) is 3.15. The highest BCUT2D eigenvalue weighted by molar-refractivity contribution is 5.25. The average Bonchev–Trinajstić information content (AvgIpc) is 2.67. The fourth-order valence-corrected chi connectivity index (χ4v) is 3.15. The van der Waals surface area contributed by atoms with Crippen molar-refractivity contribution in [2.24, 2.45) is 0 Å². The quantitative estimate of drug-likeness (QED) is 0.640. The molecule has 3 aromatic carbocycles. The lowest BCUT2D eigenvalue weighted by Gasteiger charge is -2.29. The Balaban J connectivity index is 1.75. The van der Waals surface area contributed by atoms with Crippen molar-refractivity contribution in [2.75, 3.05) is 0 Å². The van der Waals surface area contributed by atoms with Crippen LogP contribution in [0.1, 0.15) is 29.5 Å². The molecule has 1 N–H and O–H groups in total. The molecular formula is C23H24O. The molecule has 0 saturated heterocycles. The molecule has 0 radical (unpaired) electrons. The van der Waals surface area contributed by atoms with Crippen molar-refractivity contribution in [1.82, 2.24) is 0 Å². The molecule has 0 amide bonds. The molecule has 0 atom stereocenters. The Kier molecular flexibility index (Phi) is 5.45. The molecule has 0 spiro atoms. The Bertz CT molecular complexity index is 676. The van der Waals surface area contributed by atoms with Crippen LogP contribution in [-0.2, 0) is 18.4 Å². The van der Waals surface area contributed by atoms with Crippen molar-refractivity contribution in [3.8, 4) is 0 Å². The van der Waals surface area contributed by atoms with Crippen LogP contribution in [0.3, 0.4) is 0 Å². The van der Waals surface area contributed by atoms with E-state index < -0.39 is 5.60 Å². The van der Waals surface area contributed by atoms with Gasteiger partial charge in [-0.1, -0.05) is 91.0 Å². The van der Waals surface area contributed by atoms with Gasteiger partial charge in [0.15, 0.2) is 0 Å². The number of benzene rings is 3. The summed E-state index contributed by atoms with van der Waals surface area (Å²) in [6.45, 7) is 0. The van der Waals surface area contributed by atoms with Gasteiger partial charge < -0.3 is 5.11 Å². The predicted octanol–water partition coefficient (Wildman–Crippen LogP) is 5.14. The SMILES string of the molecule is OC(CCc1ccccc1)(CCc1ccccc1)c1ccccc1. The van der Waals surface area contributed by atoms with Gasteiger partial charge in [-0.2, -0.15) is 0 Å². The molecule has 0 aliphatic heterocycles. The van der Waals surface area contributed by atoms with Crippen LogP contribution in [0, 0.1) is 0 Å². The third-order valence-electron chi connectivity index (χ3n) is 4.65. The van der Waals surface area contributed by atoms with E-state index in [1.54, 1.807) is 0 Å². The molecule has 0 saturated carbocycles. The van der Waals surface area contributed by atoms with Crippen molar-refractivity contribution in [1.29, 1.82) is 0 Å². The second-order valence-electron chi connectivity index (χ2n) is 6.37. The van der Waals surface area contributed by atoms with Gasteiger partial charge in [0.2, 0.25) is 0 Å². The lowest BCUT2D eigenvalue weighted by atomic mass is 9.83. The second kappa shape index (κ2) is 7.94. The summed E-state index contributed by atoms with van der Waals surface area (Å²) in [7, 11) is 0. The van der Waals surface area contributed by atoms with Gasteiger partial charge in [0.25, 0.3) is 0 Å². The summed E-state index contributed by atoms with van der Waals surface area (Å²) < 4.78 is 0. The molecule has 0 heterocycles. The third-order valence-corrected chi connectivity index (χ3v) is 4.65. The lowest BCUT2D eigenvalue weighted by Crippen LogP contribution is -2.27. The highest BCUT2D eigenvalue weighted by atomic mass is 16.3. The van der Waals surface area contributed by atoms with E-state index in [1.807, 2.05) is 42.5 Å². The van der Waals surface area contributed by atoms with Crippen molar-refractivity contribution in [3.05, 3.63) is 108 Å². The largest absolute Gasteiger partial charge is 0.385 e. The molecule has 0 fully saturated rings. The molecule has 0 aliphatic rings. The minimum atomic E-state index is -0.799. The number of aryl methyl sites for hydroxylation is 2. The topological polar surface area (TPSA) is 20.2 Å². The van der Waals surface area contributed by atoms with Gasteiger partial charge in [0.05, 0.1) is 5.60 Å². The summed E-state index contributed by atoms with van der Waals surface area (Å²) in [5.41, 5.74) is 2.75. The molecule has 24 heavy (non-hydrogen) atoms. The van der Waals surface area contributed by atoms with Crippen LogP contribution in [0.5, 0.6) is 0 Å². The Morgan fingerprint density at radius 2 is 0.917 bits per heavy atom. The first-order valence-electron chi connectivity index (χ1n) is 8.62. The molecule has 3 aromatic rings. The van der Waals surface area contributed by atoms with E-state index in [0.29, 0.717) is 0 Å². The van der Waals surface area contributed by atoms with Crippen molar-refractivity contribution >= 4 is 0 Å². The maximum absolute atomic E-state index is 11.4. The summed E-state index contributed by atoms with van der Waals surface area (Å²) >= 11 is 0. The zero-order valence-electron chi connectivity index (χ0n) is 13.9. The predicted molar refractivity (Wildman–Crippen MR) is 99.9 cm³/mol. The summed E-state index contributed by atoms with van der Waals surface area (Å²) in [4.78, 5) is 0. The van der Waals surface area contributed by atoms with E-state index >= 15 is 0 Å². The Morgan fingerprint density at radius 1 is 0.542 bits per heavy atom. The maximum atomic E-state index is 11.4. The van der Waals surface area contributed by atoms with Gasteiger partial charge in [0, 0.05) is 0 Å². The van der Waals surface area contributed by atoms with Gasteiger partial charge in [-0.05, 0) is 42.4 Å². The van der Waals surface area contributed by atoms with Crippen LogP contribution in [-0.4, -0.2) is 5.11 Å². The summed E-state index contributed by atoms with van der Waals surface area (Å²) in [5.74, 6) is 0. The second-order valence-corrected chi connectivity index (χ2v) is 6.37. The summed E-state index contributed by atoms with van der Waals surface area (Å²) in [6, 6.07) is 30.9. The average molecular weight is 316 g/mol. The molecule has 0 bridgehead atoms. The zero-order valence-corrected chi connectivity index (χ0v) is 13.9. The lowest BCUT2D eigenvalue weighted by molar-refractivity contribution is 0.0189. The van der Waals surface area contributed by atoms with Crippen molar-refractivity contribution < 1.29 is 5.11 Å². The molecule has 3 rings (SSSR count). The van der Waals surface area contributed by atoms with Crippen LogP contribution in [0.4, 0.5) is 0 Å². The van der Waals surface area contributed by atoms with Crippen LogP contribution < -0.4 is 0 Å². The number of hydrogen-bond acceptors (Lipinski definition) is 1. The number of rotatable bonds is 7. The van der Waals surface area contributed by atoms with E-state index in [-0.39, 0.29) is 0 Å². The summed E-state index contributed by atoms with van der Waals surface area (Å²) in [5, 5.41) is 11.4. The molecular weight excluding hydrogens is 292 g/mol. The minimum Gasteiger partial charge on any atom is -0.385 e. The van der Waals surface area contributed by atoms with E-state index in [0.717, 1.165) is 31.2 Å². The van der Waals surface area contributed by atoms with E-state index in [1.165, 1.54) is 11.1 Å². The third kappa shape index (κ3) is 4.33. The van der Waals surface area contributed by atoms with Crippen LogP contribution in [0.15, 0.2) is 91.0 Å². The molecule has 122 valence electrons. The Labute approximate surface area is 144 Å². The number of hydrogen-bond donors (Lipinski definition) is 1. The standard InChI is InChI=1S/C23H24O/c24-23(22-14-8-3-9-15-22,18-16-20-10-4-1-5-11-20)19-17-21-12-6-2-7-13-21/h1-15,24H,16-19H2. The van der Waals surface area contributed by atoms with Crippen molar-refractivity contribution in [2.45, 2.75) is 31.3 Å². The number of aliphatic hydroxyl groups is 1. The van der Waals surface area contributed by atoms with Gasteiger partial charge in [-0.25, -0.2) is 0 Å². The van der Waals surface area contributed by atoms with Gasteiger partial charge in [-0.3, -0.25) is 0 Å². The monoisotopic (exact) mass is 316 g/mol. The fraction of sp³-hybridized carbons (Fsp3) is 0.217. The normalized spacial score (nSPS) is 11.4. The maximum Gasteiger partial charge on any atom is 0.0902 e. The highest BCUT2D eigenvalue weighted by Crippen LogP contribution is 2.31. The highest BCUT2D eigenvalue weighted by Gasteiger charge is 2.28. The van der Waals surface area contributed by atoms with Gasteiger partial charge in [0.1, 0.15) is 0 Å². The van der Waals surface area contributed by atoms with Crippen molar-refractivity contribution in [3.63, 3.8) is 0 Å². The first-order chi connectivity index (χ1) is 11.8. The molecule has 1 heteroatoms. The van der Waals surface area contributed by atoms with Crippen LogP contribution >= 0.6 is 0 Å². The van der Waals surface area contributed by atoms with E-state index in [4.69, 9.17) is 0 Å². The Hall–Kier alpha value is -2.38. The van der Waals surface area contributed by atoms with Gasteiger partial charge >= 0.3 is 0 Å². The first-order valence-corrected chi connectivity index (χ1v) is 8.62.